The van der Waals surface area contributed by atoms with E-state index in [0.717, 1.165) is 0 Å². The molecule has 3 amide bonds. The van der Waals surface area contributed by atoms with Crippen LogP contribution in [0.4, 0.5) is 5.82 Å². The number of carboxylic acids is 1. The van der Waals surface area contributed by atoms with Gasteiger partial charge in [-0.1, -0.05) is 40.9 Å². The fourth-order valence-corrected chi connectivity index (χ4v) is 6.30. The number of carbonyl (C=O) groups is 4. The lowest BCUT2D eigenvalue weighted by Crippen LogP contribution is -2.71. The summed E-state index contributed by atoms with van der Waals surface area (Å²) in [6.07, 6.45) is 3.13. The molecule has 2 aromatic rings. The monoisotopic (exact) mass is 562 g/mol. The summed E-state index contributed by atoms with van der Waals surface area (Å²) in [4.78, 5) is 63.2. The number of oxime groups is 1. The summed E-state index contributed by atoms with van der Waals surface area (Å²) in [6.45, 7) is 3.50. The van der Waals surface area contributed by atoms with Crippen molar-refractivity contribution >= 4 is 70.6 Å². The fourth-order valence-electron chi connectivity index (χ4n) is 3.33. The molecule has 4 heterocycles. The molecule has 1 unspecified atom stereocenters. The molecule has 0 radical (unpaired) electrons. The molecule has 37 heavy (non-hydrogen) atoms. The van der Waals surface area contributed by atoms with Gasteiger partial charge in [-0.2, -0.15) is 0 Å². The lowest BCUT2D eigenvalue weighted by atomic mass is 10.0. The van der Waals surface area contributed by atoms with Gasteiger partial charge in [0, 0.05) is 17.7 Å². The summed E-state index contributed by atoms with van der Waals surface area (Å²) in [7, 11) is 0. The van der Waals surface area contributed by atoms with E-state index in [2.05, 4.69) is 42.5 Å². The number of rotatable bonds is 12. The first-order valence-electron chi connectivity index (χ1n) is 10.4. The third-order valence-electron chi connectivity index (χ3n) is 4.88. The van der Waals surface area contributed by atoms with Crippen LogP contribution in [0.1, 0.15) is 5.82 Å². The van der Waals surface area contributed by atoms with E-state index in [1.165, 1.54) is 58.1 Å². The molecule has 1 fully saturated rings. The van der Waals surface area contributed by atoms with Crippen molar-refractivity contribution in [1.82, 2.24) is 30.4 Å². The largest absolute Gasteiger partial charge is 0.477 e. The maximum Gasteiger partial charge on any atom is 0.352 e. The van der Waals surface area contributed by atoms with Gasteiger partial charge in [-0.25, -0.2) is 14.8 Å². The molecule has 0 saturated carbocycles. The third kappa shape index (κ3) is 5.78. The van der Waals surface area contributed by atoms with E-state index in [0.29, 0.717) is 27.8 Å². The highest BCUT2D eigenvalue weighted by Crippen LogP contribution is 2.41. The Morgan fingerprint density at radius 1 is 1.43 bits per heavy atom. The van der Waals surface area contributed by atoms with Gasteiger partial charge in [0.2, 0.25) is 12.1 Å². The highest BCUT2D eigenvalue weighted by atomic mass is 32.2. The summed E-state index contributed by atoms with van der Waals surface area (Å²) in [5, 5.41) is 25.6. The molecule has 192 valence electrons. The van der Waals surface area contributed by atoms with Crippen molar-refractivity contribution in [3.63, 3.8) is 0 Å². The fraction of sp³-hybridized carbons (Fsp3) is 0.250. The predicted octanol–water partition coefficient (Wildman–Crippen LogP) is 0.334. The van der Waals surface area contributed by atoms with Crippen LogP contribution in [0.3, 0.4) is 0 Å². The van der Waals surface area contributed by atoms with Crippen LogP contribution in [0.5, 0.6) is 0 Å². The van der Waals surface area contributed by atoms with E-state index in [1.807, 2.05) is 0 Å². The molecule has 2 aromatic heterocycles. The van der Waals surface area contributed by atoms with Crippen LogP contribution in [0.15, 0.2) is 51.2 Å². The molecule has 0 aromatic carbocycles. The second kappa shape index (κ2) is 11.9. The summed E-state index contributed by atoms with van der Waals surface area (Å²) < 4.78 is 0.685. The highest BCUT2D eigenvalue weighted by molar-refractivity contribution is 8.01. The van der Waals surface area contributed by atoms with Gasteiger partial charge in [0.05, 0.1) is 0 Å². The van der Waals surface area contributed by atoms with E-state index < -0.39 is 29.2 Å². The van der Waals surface area contributed by atoms with E-state index in [1.54, 1.807) is 5.51 Å². The molecule has 3 N–H and O–H groups in total. The van der Waals surface area contributed by atoms with Gasteiger partial charge in [0.1, 0.15) is 35.0 Å². The number of nitrogens with one attached hydrogen (secondary N) is 2. The van der Waals surface area contributed by atoms with Gasteiger partial charge in [0.25, 0.3) is 11.8 Å². The Balaban J connectivity index is 1.51. The molecule has 2 aliphatic heterocycles. The number of hydrogen-bond acceptors (Lipinski definition) is 13. The smallest absolute Gasteiger partial charge is 0.352 e. The minimum atomic E-state index is -1.23. The molecule has 4 rings (SSSR count). The van der Waals surface area contributed by atoms with Gasteiger partial charge in [-0.15, -0.1) is 22.0 Å². The number of anilines is 1. The zero-order valence-corrected chi connectivity index (χ0v) is 21.2. The Morgan fingerprint density at radius 2 is 2.27 bits per heavy atom. The Hall–Kier alpha value is -3.83. The van der Waals surface area contributed by atoms with Crippen LogP contribution in [0.25, 0.3) is 0 Å². The average Bonchev–Trinajstić information content (AvgIpc) is 3.42. The van der Waals surface area contributed by atoms with Gasteiger partial charge >= 0.3 is 5.97 Å². The second-order valence-corrected chi connectivity index (χ2v) is 10.3. The maximum absolute atomic E-state index is 13.1. The normalized spacial score (nSPS) is 19.0. The Bertz CT molecular complexity index is 1280. The lowest BCUT2D eigenvalue weighted by Gasteiger charge is -2.49. The molecule has 17 heteroatoms. The van der Waals surface area contributed by atoms with Crippen LogP contribution in [0, 0.1) is 0 Å². The lowest BCUT2D eigenvalue weighted by molar-refractivity contribution is -0.150. The van der Waals surface area contributed by atoms with Crippen LogP contribution < -0.4 is 10.6 Å². The minimum absolute atomic E-state index is 0.0116. The summed E-state index contributed by atoms with van der Waals surface area (Å²) in [6, 6.07) is 0.398. The number of carboxylic acid groups (broad SMARTS) is 1. The summed E-state index contributed by atoms with van der Waals surface area (Å²) in [5.74, 6) is -1.99. The van der Waals surface area contributed by atoms with E-state index >= 15 is 0 Å². The van der Waals surface area contributed by atoms with Crippen LogP contribution in [-0.2, 0) is 24.0 Å². The highest BCUT2D eigenvalue weighted by Gasteiger charge is 2.54. The number of fused-ring (bicyclic) bond motifs is 1. The molecule has 2 atom stereocenters. The number of nitrogens with zero attached hydrogens (tertiary/aromatic N) is 6. The minimum Gasteiger partial charge on any atom is -0.477 e. The Labute approximate surface area is 221 Å². The number of aromatic nitrogens is 4. The SMILES string of the molecule is C=CCO/N=C(\C(=O)NC1C(=O)N2C(C(=O)O)=C(CSc3nncs3)CS[C@H]12)c1nccc(NC=O)n1. The first-order valence-corrected chi connectivity index (χ1v) is 13.3. The molecule has 0 aliphatic carbocycles. The maximum atomic E-state index is 13.1. The molecule has 1 saturated heterocycles. The van der Waals surface area contributed by atoms with Crippen molar-refractivity contribution < 1.29 is 29.1 Å². The van der Waals surface area contributed by atoms with E-state index in [4.69, 9.17) is 4.84 Å². The third-order valence-corrected chi connectivity index (χ3v) is 8.17. The van der Waals surface area contributed by atoms with E-state index in [9.17, 15) is 24.3 Å². The van der Waals surface area contributed by atoms with E-state index in [-0.39, 0.29) is 29.7 Å². The predicted molar refractivity (Wildman–Crippen MR) is 135 cm³/mol. The molecule has 0 spiro atoms. The van der Waals surface area contributed by atoms with Gasteiger partial charge in [-0.05, 0) is 11.6 Å². The van der Waals surface area contributed by atoms with Crippen LogP contribution >= 0.6 is 34.9 Å². The van der Waals surface area contributed by atoms with Crippen molar-refractivity contribution in [3.05, 3.63) is 47.5 Å². The zero-order chi connectivity index (χ0) is 26.4. The Morgan fingerprint density at radius 3 is 2.97 bits per heavy atom. The number of hydrogen-bond donors (Lipinski definition) is 3. The van der Waals surface area contributed by atoms with Gasteiger partial charge in [0.15, 0.2) is 10.2 Å². The van der Waals surface area contributed by atoms with Gasteiger partial charge in [-0.3, -0.25) is 19.3 Å². The molecule has 14 nitrogen and oxygen atoms in total. The Kier molecular flexibility index (Phi) is 8.47. The van der Waals surface area contributed by atoms with Crippen LogP contribution in [0.2, 0.25) is 0 Å². The van der Waals surface area contributed by atoms with Gasteiger partial charge < -0.3 is 20.6 Å². The topological polar surface area (TPSA) is 189 Å². The van der Waals surface area contributed by atoms with Crippen molar-refractivity contribution in [3.8, 4) is 0 Å². The van der Waals surface area contributed by atoms with Crippen molar-refractivity contribution in [2.24, 2.45) is 5.16 Å². The molecular formula is C20H18N8O6S3. The first-order chi connectivity index (χ1) is 17.9. The second-order valence-electron chi connectivity index (χ2n) is 7.16. The number of carbonyl (C=O) groups excluding carboxylic acids is 3. The quantitative estimate of drug-likeness (QED) is 0.0612. The standard InChI is InChI=1S/C20H18N8O6S3/c1-2-5-34-27-12(15-21-4-3-11(24-15)22-8-29)16(30)25-13-17(31)28-14(19(32)33)10(6-35-18(13)28)7-36-20-26-23-9-37-20/h2-4,8-9,13,18H,1,5-7H2,(H,25,30)(H,32,33)(H,21,22,24,29)/b27-12-/t13?,18-/m1/s1. The molecular weight excluding hydrogens is 544 g/mol. The van der Waals surface area contributed by atoms with Crippen LogP contribution in [-0.4, -0.2) is 89.6 Å². The van der Waals surface area contributed by atoms with Crippen molar-refractivity contribution in [1.29, 1.82) is 0 Å². The number of β-lactam (4-membered cyclic amide) rings is 1. The summed E-state index contributed by atoms with van der Waals surface area (Å²) in [5.41, 5.74) is 1.70. The molecule has 2 aliphatic rings. The number of aliphatic carboxylic acids is 1. The first kappa shape index (κ1) is 26.2. The average molecular weight is 563 g/mol. The van der Waals surface area contributed by atoms with Crippen molar-refractivity contribution in [2.45, 2.75) is 15.8 Å². The summed E-state index contributed by atoms with van der Waals surface area (Å²) >= 11 is 4.00. The zero-order valence-electron chi connectivity index (χ0n) is 18.8. The number of thioether (sulfide) groups is 2. The number of amides is 3. The molecule has 0 bridgehead atoms. The van der Waals surface area contributed by atoms with Crippen molar-refractivity contribution in [2.75, 3.05) is 23.4 Å².